The minimum absolute atomic E-state index is 0.0526. The van der Waals surface area contributed by atoms with Gasteiger partial charge in [-0.15, -0.1) is 0 Å². The van der Waals surface area contributed by atoms with Crippen molar-refractivity contribution in [2.75, 3.05) is 18.5 Å². The highest BCUT2D eigenvalue weighted by Gasteiger charge is 2.40. The Morgan fingerprint density at radius 1 is 1.42 bits per heavy atom. The van der Waals surface area contributed by atoms with E-state index >= 15 is 0 Å². The SMILES string of the molecule is CN(CC(=O)NC1CC1c1ccccc1Cl)c1ccc(C#N)cn1. The van der Waals surface area contributed by atoms with Gasteiger partial charge in [-0.2, -0.15) is 5.26 Å². The maximum atomic E-state index is 12.2. The molecule has 1 aromatic carbocycles. The summed E-state index contributed by atoms with van der Waals surface area (Å²) in [7, 11) is 1.80. The molecule has 1 aliphatic rings. The third-order valence-electron chi connectivity index (χ3n) is 4.09. The molecule has 2 aromatic rings. The number of carbonyl (C=O) groups excluding carboxylic acids is 1. The van der Waals surface area contributed by atoms with E-state index < -0.39 is 0 Å². The lowest BCUT2D eigenvalue weighted by Crippen LogP contribution is -2.37. The third-order valence-corrected chi connectivity index (χ3v) is 4.43. The van der Waals surface area contributed by atoms with Gasteiger partial charge in [0.1, 0.15) is 11.9 Å². The lowest BCUT2D eigenvalue weighted by Gasteiger charge is -2.17. The van der Waals surface area contributed by atoms with Crippen LogP contribution in [0.1, 0.15) is 23.5 Å². The number of hydrogen-bond acceptors (Lipinski definition) is 4. The average molecular weight is 341 g/mol. The van der Waals surface area contributed by atoms with Crippen LogP contribution in [-0.2, 0) is 4.79 Å². The molecular weight excluding hydrogens is 324 g/mol. The Bertz CT molecular complexity index is 784. The molecule has 1 aromatic heterocycles. The van der Waals surface area contributed by atoms with E-state index in [1.807, 2.05) is 30.3 Å². The minimum Gasteiger partial charge on any atom is -0.351 e. The topological polar surface area (TPSA) is 69.0 Å². The standard InChI is InChI=1S/C18H17ClN4O/c1-23(17-7-6-12(9-20)10-21-17)11-18(24)22-16-8-14(16)13-4-2-3-5-15(13)19/h2-7,10,14,16H,8,11H2,1H3,(H,22,24). The highest BCUT2D eigenvalue weighted by atomic mass is 35.5. The molecule has 1 N–H and O–H groups in total. The second-order valence-corrected chi connectivity index (χ2v) is 6.32. The molecule has 122 valence electrons. The smallest absolute Gasteiger partial charge is 0.239 e. The molecule has 3 rings (SSSR count). The summed E-state index contributed by atoms with van der Waals surface area (Å²) in [6, 6.07) is 13.3. The number of anilines is 1. The number of hydrogen-bond donors (Lipinski definition) is 1. The van der Waals surface area contributed by atoms with Gasteiger partial charge in [0.25, 0.3) is 0 Å². The number of carbonyl (C=O) groups is 1. The zero-order chi connectivity index (χ0) is 17.1. The van der Waals surface area contributed by atoms with Gasteiger partial charge in [0.2, 0.25) is 5.91 Å². The van der Waals surface area contributed by atoms with Crippen LogP contribution in [0.15, 0.2) is 42.6 Å². The second-order valence-electron chi connectivity index (χ2n) is 5.91. The number of nitriles is 1. The fourth-order valence-electron chi connectivity index (χ4n) is 2.70. The van der Waals surface area contributed by atoms with Gasteiger partial charge in [0.15, 0.2) is 0 Å². The van der Waals surface area contributed by atoms with Crippen LogP contribution in [0.5, 0.6) is 0 Å². The van der Waals surface area contributed by atoms with Gasteiger partial charge in [-0.05, 0) is 30.2 Å². The van der Waals surface area contributed by atoms with Crippen LogP contribution in [0.3, 0.4) is 0 Å². The first-order valence-electron chi connectivity index (χ1n) is 7.69. The van der Waals surface area contributed by atoms with E-state index in [-0.39, 0.29) is 18.5 Å². The van der Waals surface area contributed by atoms with Crippen molar-refractivity contribution in [1.29, 1.82) is 5.26 Å². The fourth-order valence-corrected chi connectivity index (χ4v) is 2.98. The molecule has 0 bridgehead atoms. The first-order chi connectivity index (χ1) is 11.6. The van der Waals surface area contributed by atoms with Crippen LogP contribution in [0.25, 0.3) is 0 Å². The molecule has 0 saturated heterocycles. The largest absolute Gasteiger partial charge is 0.351 e. The van der Waals surface area contributed by atoms with Crippen molar-refractivity contribution >= 4 is 23.3 Å². The maximum Gasteiger partial charge on any atom is 0.239 e. The molecule has 0 spiro atoms. The van der Waals surface area contributed by atoms with E-state index in [0.29, 0.717) is 17.3 Å². The number of likely N-dealkylation sites (N-methyl/N-ethyl adjacent to an activating group) is 1. The van der Waals surface area contributed by atoms with E-state index in [0.717, 1.165) is 17.0 Å². The lowest BCUT2D eigenvalue weighted by molar-refractivity contribution is -0.119. The summed E-state index contributed by atoms with van der Waals surface area (Å²) >= 11 is 6.20. The Kier molecular flexibility index (Phi) is 4.68. The third kappa shape index (κ3) is 3.66. The molecule has 6 heteroatoms. The van der Waals surface area contributed by atoms with Crippen LogP contribution >= 0.6 is 11.6 Å². The van der Waals surface area contributed by atoms with Gasteiger partial charge in [-0.25, -0.2) is 4.98 Å². The van der Waals surface area contributed by atoms with Gasteiger partial charge in [-0.3, -0.25) is 4.79 Å². The molecule has 5 nitrogen and oxygen atoms in total. The lowest BCUT2D eigenvalue weighted by atomic mass is 10.1. The van der Waals surface area contributed by atoms with Gasteiger partial charge in [-0.1, -0.05) is 29.8 Å². The summed E-state index contributed by atoms with van der Waals surface area (Å²) in [6.45, 7) is 0.213. The van der Waals surface area contributed by atoms with Crippen LogP contribution in [0, 0.1) is 11.3 Å². The molecule has 1 aliphatic carbocycles. The summed E-state index contributed by atoms with van der Waals surface area (Å²) in [5.41, 5.74) is 1.59. The molecule has 24 heavy (non-hydrogen) atoms. The first-order valence-corrected chi connectivity index (χ1v) is 8.07. The molecule has 2 atom stereocenters. The Morgan fingerprint density at radius 2 is 2.21 bits per heavy atom. The number of nitrogens with one attached hydrogen (secondary N) is 1. The summed E-state index contributed by atoms with van der Waals surface area (Å²) in [5.74, 6) is 0.895. The van der Waals surface area contributed by atoms with Crippen molar-refractivity contribution in [1.82, 2.24) is 10.3 Å². The van der Waals surface area contributed by atoms with E-state index in [9.17, 15) is 4.79 Å². The highest BCUT2D eigenvalue weighted by molar-refractivity contribution is 6.31. The zero-order valence-corrected chi connectivity index (χ0v) is 14.0. The molecule has 1 amide bonds. The summed E-state index contributed by atoms with van der Waals surface area (Å²) < 4.78 is 0. The number of nitrogens with zero attached hydrogens (tertiary/aromatic N) is 3. The number of aromatic nitrogens is 1. The molecule has 2 unspecified atom stereocenters. The Hall–Kier alpha value is -2.58. The Balaban J connectivity index is 1.53. The van der Waals surface area contributed by atoms with Crippen molar-refractivity contribution in [3.8, 4) is 6.07 Å². The normalized spacial score (nSPS) is 18.5. The number of rotatable bonds is 5. The van der Waals surface area contributed by atoms with Gasteiger partial charge in [0.05, 0.1) is 12.1 Å². The van der Waals surface area contributed by atoms with Crippen LogP contribution in [-0.4, -0.2) is 30.5 Å². The molecule has 1 fully saturated rings. The predicted molar refractivity (Wildman–Crippen MR) is 93.0 cm³/mol. The minimum atomic E-state index is -0.0526. The van der Waals surface area contributed by atoms with Gasteiger partial charge < -0.3 is 10.2 Å². The summed E-state index contributed by atoms with van der Waals surface area (Å²) in [5, 5.41) is 12.6. The van der Waals surface area contributed by atoms with Crippen LogP contribution in [0.2, 0.25) is 5.02 Å². The number of halogens is 1. The maximum absolute atomic E-state index is 12.2. The molecule has 1 heterocycles. The van der Waals surface area contributed by atoms with Crippen molar-refractivity contribution in [3.63, 3.8) is 0 Å². The van der Waals surface area contributed by atoms with E-state index in [1.165, 1.54) is 6.20 Å². The number of amides is 1. The predicted octanol–water partition coefficient (Wildman–Crippen LogP) is 2.72. The monoisotopic (exact) mass is 340 g/mol. The summed E-state index contributed by atoms with van der Waals surface area (Å²) in [4.78, 5) is 18.1. The van der Waals surface area contributed by atoms with Crippen molar-refractivity contribution in [2.24, 2.45) is 0 Å². The summed E-state index contributed by atoms with van der Waals surface area (Å²) in [6.07, 6.45) is 2.41. The van der Waals surface area contributed by atoms with Crippen molar-refractivity contribution in [2.45, 2.75) is 18.4 Å². The first kappa shape index (κ1) is 16.3. The fraction of sp³-hybridized carbons (Fsp3) is 0.278. The molecular formula is C18H17ClN4O. The highest BCUT2D eigenvalue weighted by Crippen LogP contribution is 2.43. The van der Waals surface area contributed by atoms with Crippen LogP contribution in [0.4, 0.5) is 5.82 Å². The Morgan fingerprint density at radius 3 is 2.88 bits per heavy atom. The molecule has 1 saturated carbocycles. The number of benzene rings is 1. The molecule has 0 radical (unpaired) electrons. The van der Waals surface area contributed by atoms with Crippen molar-refractivity contribution < 1.29 is 4.79 Å². The average Bonchev–Trinajstić information content (AvgIpc) is 3.34. The molecule has 0 aliphatic heterocycles. The van der Waals surface area contributed by atoms with E-state index in [2.05, 4.69) is 10.3 Å². The van der Waals surface area contributed by atoms with E-state index in [1.54, 1.807) is 24.1 Å². The second kappa shape index (κ2) is 6.90. The van der Waals surface area contributed by atoms with Gasteiger partial charge in [0, 0.05) is 30.2 Å². The van der Waals surface area contributed by atoms with Crippen LogP contribution < -0.4 is 10.2 Å². The van der Waals surface area contributed by atoms with E-state index in [4.69, 9.17) is 16.9 Å². The van der Waals surface area contributed by atoms with Crippen molar-refractivity contribution in [3.05, 3.63) is 58.7 Å². The zero-order valence-electron chi connectivity index (χ0n) is 13.2. The quantitative estimate of drug-likeness (QED) is 0.908. The Labute approximate surface area is 145 Å². The number of pyridine rings is 1. The van der Waals surface area contributed by atoms with Gasteiger partial charge >= 0.3 is 0 Å².